The second-order valence-electron chi connectivity index (χ2n) is 6.47. The zero-order valence-electron chi connectivity index (χ0n) is 15.1. The molecule has 9 nitrogen and oxygen atoms in total. The number of aliphatic hydroxyl groups is 3. The number of amides is 1. The van der Waals surface area contributed by atoms with E-state index in [-0.39, 0.29) is 0 Å². The molecule has 1 aromatic carbocycles. The van der Waals surface area contributed by atoms with E-state index in [1.54, 1.807) is 6.07 Å². The minimum Gasteiger partial charge on any atom is -0.394 e. The second-order valence-corrected chi connectivity index (χ2v) is 6.47. The SMILES string of the molecule is C=CC(=O)N(C)C1O[C@H](CO)[C@H](O)[C@H](n2cc(-c3cccc(F)c3)nn2)[C@H]1O. The van der Waals surface area contributed by atoms with Gasteiger partial charge in [-0.15, -0.1) is 5.10 Å². The normalized spacial score (nSPS) is 27.4. The fourth-order valence-electron chi connectivity index (χ4n) is 3.19. The standard InChI is InChI=1S/C18H21FN4O5/c1-3-14(25)22(2)18-17(27)15(16(26)13(9-24)28-18)23-8-12(20-21-23)10-5-4-6-11(19)7-10/h3-8,13,15-18,24,26-27H,1,9H2,2H3/t13-,15+,16+,17-,18?/m1/s1. The van der Waals surface area contributed by atoms with Gasteiger partial charge in [0, 0.05) is 12.6 Å². The molecule has 1 fully saturated rings. The Morgan fingerprint density at radius 3 is 2.82 bits per heavy atom. The number of likely N-dealkylation sites (N-methyl/N-ethyl adjacent to an activating group) is 1. The van der Waals surface area contributed by atoms with Gasteiger partial charge < -0.3 is 25.0 Å². The first-order valence-electron chi connectivity index (χ1n) is 8.56. The second kappa shape index (κ2) is 8.15. The first kappa shape index (κ1) is 20.1. The number of halogens is 1. The lowest BCUT2D eigenvalue weighted by atomic mass is 9.95. The number of nitrogens with zero attached hydrogens (tertiary/aromatic N) is 4. The Kier molecular flexibility index (Phi) is 5.84. The topological polar surface area (TPSA) is 121 Å². The fraction of sp³-hybridized carbons (Fsp3) is 0.389. The summed E-state index contributed by atoms with van der Waals surface area (Å²) in [5.41, 5.74) is 0.800. The molecule has 1 aliphatic rings. The van der Waals surface area contributed by atoms with Crippen LogP contribution in [0.3, 0.4) is 0 Å². The van der Waals surface area contributed by atoms with Crippen LogP contribution >= 0.6 is 0 Å². The molecule has 0 aliphatic carbocycles. The van der Waals surface area contributed by atoms with E-state index < -0.39 is 48.9 Å². The molecule has 0 bridgehead atoms. The maximum atomic E-state index is 13.5. The highest BCUT2D eigenvalue weighted by Gasteiger charge is 2.48. The highest BCUT2D eigenvalue weighted by Crippen LogP contribution is 2.32. The number of rotatable bonds is 5. The minimum atomic E-state index is -1.38. The monoisotopic (exact) mass is 392 g/mol. The predicted octanol–water partition coefficient (Wildman–Crippen LogP) is -0.291. The van der Waals surface area contributed by atoms with Crippen LogP contribution in [0.5, 0.6) is 0 Å². The van der Waals surface area contributed by atoms with Gasteiger partial charge in [-0.3, -0.25) is 4.79 Å². The van der Waals surface area contributed by atoms with E-state index in [0.29, 0.717) is 11.3 Å². The molecule has 1 amide bonds. The van der Waals surface area contributed by atoms with Gasteiger partial charge in [0.05, 0.1) is 12.8 Å². The fourth-order valence-corrected chi connectivity index (χ4v) is 3.19. The van der Waals surface area contributed by atoms with E-state index >= 15 is 0 Å². The van der Waals surface area contributed by atoms with Crippen molar-refractivity contribution >= 4 is 5.91 Å². The Labute approximate surface area is 160 Å². The average molecular weight is 392 g/mol. The van der Waals surface area contributed by atoms with Gasteiger partial charge >= 0.3 is 0 Å². The molecule has 1 aliphatic heterocycles. The van der Waals surface area contributed by atoms with E-state index in [0.717, 1.165) is 11.0 Å². The van der Waals surface area contributed by atoms with Crippen LogP contribution in [0, 0.1) is 5.82 Å². The van der Waals surface area contributed by atoms with Crippen molar-refractivity contribution < 1.29 is 29.2 Å². The van der Waals surface area contributed by atoms with Crippen LogP contribution in [0.15, 0.2) is 43.1 Å². The summed E-state index contributed by atoms with van der Waals surface area (Å²) in [5.74, 6) is -0.946. The summed E-state index contributed by atoms with van der Waals surface area (Å²) in [4.78, 5) is 13.0. The highest BCUT2D eigenvalue weighted by molar-refractivity contribution is 5.86. The molecule has 3 N–H and O–H groups in total. The van der Waals surface area contributed by atoms with E-state index in [4.69, 9.17) is 4.74 Å². The Hall–Kier alpha value is -2.66. The first-order valence-corrected chi connectivity index (χ1v) is 8.56. The van der Waals surface area contributed by atoms with Gasteiger partial charge in [-0.2, -0.15) is 0 Å². The number of ether oxygens (including phenoxy) is 1. The zero-order chi connectivity index (χ0) is 20.4. The van der Waals surface area contributed by atoms with E-state index in [2.05, 4.69) is 16.9 Å². The molecule has 1 saturated heterocycles. The molecule has 28 heavy (non-hydrogen) atoms. The molecular weight excluding hydrogens is 371 g/mol. The van der Waals surface area contributed by atoms with Crippen molar-refractivity contribution in [3.63, 3.8) is 0 Å². The summed E-state index contributed by atoms with van der Waals surface area (Å²) in [5, 5.41) is 38.8. The van der Waals surface area contributed by atoms with Crippen molar-refractivity contribution in [1.82, 2.24) is 19.9 Å². The summed E-state index contributed by atoms with van der Waals surface area (Å²) in [7, 11) is 1.40. The Morgan fingerprint density at radius 2 is 2.18 bits per heavy atom. The molecule has 0 spiro atoms. The number of carbonyl (C=O) groups excluding carboxylic acids is 1. The van der Waals surface area contributed by atoms with Gasteiger partial charge in [-0.05, 0) is 18.2 Å². The van der Waals surface area contributed by atoms with Crippen molar-refractivity contribution in [2.75, 3.05) is 13.7 Å². The molecular formula is C18H21FN4O5. The van der Waals surface area contributed by atoms with Crippen LogP contribution in [0.1, 0.15) is 6.04 Å². The number of aromatic nitrogens is 3. The molecule has 1 aromatic heterocycles. The maximum Gasteiger partial charge on any atom is 0.247 e. The maximum absolute atomic E-state index is 13.5. The third kappa shape index (κ3) is 3.67. The largest absolute Gasteiger partial charge is 0.394 e. The predicted molar refractivity (Wildman–Crippen MR) is 95.2 cm³/mol. The van der Waals surface area contributed by atoms with Crippen molar-refractivity contribution in [2.45, 2.75) is 30.6 Å². The van der Waals surface area contributed by atoms with Crippen LogP contribution < -0.4 is 0 Å². The van der Waals surface area contributed by atoms with Crippen LogP contribution in [0.2, 0.25) is 0 Å². The van der Waals surface area contributed by atoms with Crippen molar-refractivity contribution in [3.05, 3.63) is 48.9 Å². The van der Waals surface area contributed by atoms with Crippen molar-refractivity contribution in [1.29, 1.82) is 0 Å². The van der Waals surface area contributed by atoms with Crippen molar-refractivity contribution in [2.24, 2.45) is 0 Å². The van der Waals surface area contributed by atoms with Crippen LogP contribution in [-0.2, 0) is 9.53 Å². The van der Waals surface area contributed by atoms with E-state index in [1.807, 2.05) is 0 Å². The van der Waals surface area contributed by atoms with Crippen LogP contribution in [-0.4, -0.2) is 79.3 Å². The Morgan fingerprint density at radius 1 is 1.43 bits per heavy atom. The smallest absolute Gasteiger partial charge is 0.247 e. The first-order chi connectivity index (χ1) is 13.4. The van der Waals surface area contributed by atoms with Gasteiger partial charge in [0.1, 0.15) is 35.9 Å². The zero-order valence-corrected chi connectivity index (χ0v) is 15.1. The summed E-state index contributed by atoms with van der Waals surface area (Å²) in [6, 6.07) is 4.68. The third-order valence-electron chi connectivity index (χ3n) is 4.71. The van der Waals surface area contributed by atoms with E-state index in [9.17, 15) is 24.5 Å². The van der Waals surface area contributed by atoms with Crippen molar-refractivity contribution in [3.8, 4) is 11.3 Å². The lowest BCUT2D eigenvalue weighted by Gasteiger charge is -2.44. The molecule has 0 saturated carbocycles. The van der Waals surface area contributed by atoms with Gasteiger partial charge in [-0.25, -0.2) is 9.07 Å². The van der Waals surface area contributed by atoms with Gasteiger partial charge in [0.25, 0.3) is 0 Å². The van der Waals surface area contributed by atoms with Gasteiger partial charge in [0.15, 0.2) is 6.23 Å². The number of carbonyl (C=O) groups is 1. The van der Waals surface area contributed by atoms with Gasteiger partial charge in [0.2, 0.25) is 5.91 Å². The highest BCUT2D eigenvalue weighted by atomic mass is 19.1. The van der Waals surface area contributed by atoms with Crippen LogP contribution in [0.25, 0.3) is 11.3 Å². The summed E-state index contributed by atoms with van der Waals surface area (Å²) in [6.45, 7) is 2.85. The lowest BCUT2D eigenvalue weighted by Crippen LogP contribution is -2.61. The van der Waals surface area contributed by atoms with Gasteiger partial charge in [-0.1, -0.05) is 23.9 Å². The summed E-state index contributed by atoms with van der Waals surface area (Å²) >= 11 is 0. The Balaban J connectivity index is 1.94. The Bertz CT molecular complexity index is 860. The molecule has 3 rings (SSSR count). The molecule has 2 heterocycles. The number of aliphatic hydroxyl groups excluding tert-OH is 3. The number of hydrogen-bond donors (Lipinski definition) is 3. The summed E-state index contributed by atoms with van der Waals surface area (Å²) < 4.78 is 20.2. The minimum absolute atomic E-state index is 0.331. The molecule has 5 atom stereocenters. The number of hydrogen-bond acceptors (Lipinski definition) is 7. The van der Waals surface area contributed by atoms with Crippen LogP contribution in [0.4, 0.5) is 4.39 Å². The molecule has 10 heteroatoms. The van der Waals surface area contributed by atoms with E-state index in [1.165, 1.54) is 36.1 Å². The third-order valence-corrected chi connectivity index (χ3v) is 4.71. The molecule has 1 unspecified atom stereocenters. The molecule has 150 valence electrons. The lowest BCUT2D eigenvalue weighted by molar-refractivity contribution is -0.240. The molecule has 0 radical (unpaired) electrons. The molecule has 2 aromatic rings. The summed E-state index contributed by atoms with van der Waals surface area (Å²) in [6.07, 6.45) is -2.43. The number of benzene rings is 1. The quantitative estimate of drug-likeness (QED) is 0.598. The average Bonchev–Trinajstić information content (AvgIpc) is 3.17.